The van der Waals surface area contributed by atoms with Gasteiger partial charge in [-0.15, -0.1) is 9.79 Å². The number of imide groups is 1. The maximum absolute atomic E-state index is 13.4. The summed E-state index contributed by atoms with van der Waals surface area (Å²) in [4.78, 5) is 128. The van der Waals surface area contributed by atoms with Crippen LogP contribution in [0.5, 0.6) is 0 Å². The maximum Gasteiger partial charge on any atom is 0.333 e. The van der Waals surface area contributed by atoms with Crippen molar-refractivity contribution < 1.29 is 52.9 Å². The highest BCUT2D eigenvalue weighted by atomic mass is 16.8. The Kier molecular flexibility index (Phi) is 17.3. The molecule has 6 amide bonds. The molecule has 286 valence electrons. The second kappa shape index (κ2) is 21.1. The molecule has 1 aromatic rings. The molecule has 0 aromatic carbocycles. The third kappa shape index (κ3) is 12.1. The minimum Gasteiger partial charge on any atom is -0.376 e. The zero-order chi connectivity index (χ0) is 39.0. The number of nitrogens with one attached hydrogen (secondary N) is 3. The molecule has 1 saturated heterocycles. The van der Waals surface area contributed by atoms with Crippen LogP contribution in [0.1, 0.15) is 120 Å². The third-order valence-corrected chi connectivity index (χ3v) is 7.54. The second-order valence-corrected chi connectivity index (χ2v) is 11.4. The van der Waals surface area contributed by atoms with Crippen molar-refractivity contribution in [1.82, 2.24) is 30.8 Å². The Labute approximate surface area is 301 Å². The van der Waals surface area contributed by atoms with Crippen LogP contribution >= 0.6 is 0 Å². The topological polar surface area (TPSA) is 229 Å². The number of amides is 6. The van der Waals surface area contributed by atoms with E-state index in [2.05, 4.69) is 16.0 Å². The number of fused-ring (bicyclic) bond motifs is 1. The first-order valence-electron chi connectivity index (χ1n) is 17.3. The number of aromatic nitrogens is 1. The zero-order valence-corrected chi connectivity index (χ0v) is 30.4. The van der Waals surface area contributed by atoms with Gasteiger partial charge in [-0.25, -0.2) is 9.63 Å². The number of unbranched alkanes of at least 4 members (excludes halogenated alkanes) is 1. The molecule has 0 saturated carbocycles. The highest BCUT2D eigenvalue weighted by molar-refractivity contribution is 6.01. The number of rotatable bonds is 12. The summed E-state index contributed by atoms with van der Waals surface area (Å²) in [6, 6.07) is 1.75. The van der Waals surface area contributed by atoms with Crippen LogP contribution < -0.4 is 26.3 Å². The Morgan fingerprint density at radius 2 is 1.63 bits per heavy atom. The number of hydrogen-bond acceptors (Lipinski definition) is 12. The van der Waals surface area contributed by atoms with Crippen LogP contribution in [0, 0.1) is 0 Å². The van der Waals surface area contributed by atoms with Crippen LogP contribution in [0.25, 0.3) is 0 Å². The quantitative estimate of drug-likeness (QED) is 0.119. The number of hydroxylamine groups is 4. The molecule has 18 nitrogen and oxygen atoms in total. The highest BCUT2D eigenvalue weighted by Gasteiger charge is 2.33. The van der Waals surface area contributed by atoms with Crippen molar-refractivity contribution in [3.63, 3.8) is 0 Å². The summed E-state index contributed by atoms with van der Waals surface area (Å²) < 4.78 is 0.617. The Morgan fingerprint density at radius 1 is 0.962 bits per heavy atom. The molecule has 0 bridgehead atoms. The van der Waals surface area contributed by atoms with E-state index in [1.165, 1.54) is 39.0 Å². The summed E-state index contributed by atoms with van der Waals surface area (Å²) in [5.74, 6) is -4.89. The number of Topliss-reactive ketones (excluding diaryl/α,β-unsaturated/α-hetero) is 1. The van der Waals surface area contributed by atoms with E-state index >= 15 is 0 Å². The summed E-state index contributed by atoms with van der Waals surface area (Å²) in [6.45, 7) is 9.78. The van der Waals surface area contributed by atoms with Crippen molar-refractivity contribution in [3.05, 3.63) is 45.5 Å². The molecule has 3 heterocycles. The van der Waals surface area contributed by atoms with Crippen LogP contribution in [0.3, 0.4) is 0 Å². The standard InChI is InChI=1S/C32H42N6O12.C2H6/c1-5-23-30(45)34-18-21(10-7-8-17-33-25(40)11-9-12-29(44)50-38-27(42)15-16-28(38)43)35-31(46)24-14-13-22(19(3)39)32(47)37(24)49-20(4)48-36(23)26(41)6-2;1-2/h5,13-14,20-21H,6-12,15-18H2,1-4H3,(H,33,40)(H,34,45)(H,35,46);1-2H3/b23-5-;/t20?,21-;/m0./s1. The average molecular weight is 733 g/mol. The molecule has 2 aliphatic rings. The first-order valence-corrected chi connectivity index (χ1v) is 17.3. The summed E-state index contributed by atoms with van der Waals surface area (Å²) in [5, 5.41) is 9.40. The molecular weight excluding hydrogens is 684 g/mol. The number of pyridine rings is 1. The molecular formula is C34H48N6O12. The van der Waals surface area contributed by atoms with Crippen molar-refractivity contribution in [2.75, 3.05) is 13.1 Å². The molecule has 52 heavy (non-hydrogen) atoms. The Balaban J connectivity index is 0.00000460. The van der Waals surface area contributed by atoms with Gasteiger partial charge in [-0.3, -0.25) is 38.4 Å². The normalized spacial score (nSPS) is 18.7. The van der Waals surface area contributed by atoms with Gasteiger partial charge in [0, 0.05) is 58.2 Å². The molecule has 3 rings (SSSR count). The Hall–Kier alpha value is -5.39. The van der Waals surface area contributed by atoms with Gasteiger partial charge < -0.3 is 25.6 Å². The van der Waals surface area contributed by atoms with Gasteiger partial charge in [0.15, 0.2) is 5.78 Å². The molecule has 3 N–H and O–H groups in total. The number of ketones is 1. The van der Waals surface area contributed by atoms with Crippen LogP contribution in [0.2, 0.25) is 0 Å². The predicted octanol–water partition coefficient (Wildman–Crippen LogP) is 1.22. The number of nitrogens with zero attached hydrogens (tertiary/aromatic N) is 3. The van der Waals surface area contributed by atoms with Crippen LogP contribution in [0.15, 0.2) is 28.7 Å². The Bertz CT molecular complexity index is 1590. The van der Waals surface area contributed by atoms with Crippen molar-refractivity contribution >= 4 is 47.2 Å². The van der Waals surface area contributed by atoms with Gasteiger partial charge in [-0.2, -0.15) is 5.06 Å². The maximum atomic E-state index is 13.4. The van der Waals surface area contributed by atoms with E-state index < -0.39 is 59.2 Å². The van der Waals surface area contributed by atoms with Crippen molar-refractivity contribution in [3.8, 4) is 0 Å². The van der Waals surface area contributed by atoms with E-state index in [1.54, 1.807) is 6.92 Å². The van der Waals surface area contributed by atoms with Gasteiger partial charge in [-0.05, 0) is 51.7 Å². The van der Waals surface area contributed by atoms with Gasteiger partial charge in [0.2, 0.25) is 12.2 Å². The lowest BCUT2D eigenvalue weighted by molar-refractivity contribution is -0.252. The molecule has 2 aliphatic heterocycles. The van der Waals surface area contributed by atoms with E-state index in [1.807, 2.05) is 13.8 Å². The van der Waals surface area contributed by atoms with Crippen LogP contribution in [0.4, 0.5) is 0 Å². The van der Waals surface area contributed by atoms with Crippen molar-refractivity contribution in [2.45, 2.75) is 112 Å². The van der Waals surface area contributed by atoms with Crippen molar-refractivity contribution in [2.24, 2.45) is 0 Å². The minimum absolute atomic E-state index is 0.00105. The minimum atomic E-state index is -1.38. The van der Waals surface area contributed by atoms with Crippen LogP contribution in [-0.2, 0) is 38.4 Å². The first kappa shape index (κ1) is 42.8. The lowest BCUT2D eigenvalue weighted by atomic mass is 10.1. The zero-order valence-electron chi connectivity index (χ0n) is 30.4. The van der Waals surface area contributed by atoms with E-state index in [9.17, 15) is 43.2 Å². The van der Waals surface area contributed by atoms with E-state index in [0.717, 1.165) is 5.06 Å². The molecule has 1 fully saturated rings. The Morgan fingerprint density at radius 3 is 2.25 bits per heavy atom. The summed E-state index contributed by atoms with van der Waals surface area (Å²) in [6.07, 6.45) is 1.11. The highest BCUT2D eigenvalue weighted by Crippen LogP contribution is 2.15. The predicted molar refractivity (Wildman–Crippen MR) is 182 cm³/mol. The number of allylic oxidation sites excluding steroid dienone is 1. The fourth-order valence-corrected chi connectivity index (χ4v) is 4.93. The molecule has 0 radical (unpaired) electrons. The van der Waals surface area contributed by atoms with Gasteiger partial charge >= 0.3 is 5.97 Å². The molecule has 1 aromatic heterocycles. The molecule has 0 spiro atoms. The SMILES string of the molecule is C/C=C1/C(=O)NC[C@H](CCCCNC(=O)CCCC(=O)ON2C(=O)CCC2=O)NC(=O)c2ccc(C(C)=O)c(=O)n2OC(C)ON1C(=O)CC.CC. The third-order valence-electron chi connectivity index (χ3n) is 7.54. The fraction of sp³-hybridized carbons (Fsp3) is 0.559. The average Bonchev–Trinajstić information content (AvgIpc) is 3.43. The molecule has 0 aliphatic carbocycles. The molecule has 18 heteroatoms. The summed E-state index contributed by atoms with van der Waals surface area (Å²) in [7, 11) is 0. The van der Waals surface area contributed by atoms with E-state index in [0.29, 0.717) is 29.1 Å². The summed E-state index contributed by atoms with van der Waals surface area (Å²) in [5.41, 5.74) is -1.60. The van der Waals surface area contributed by atoms with Crippen LogP contribution in [-0.4, -0.2) is 87.5 Å². The van der Waals surface area contributed by atoms with E-state index in [-0.39, 0.29) is 74.5 Å². The molecule has 1 unspecified atom stereocenters. The number of carbonyl (C=O) groups excluding carboxylic acids is 8. The lowest BCUT2D eigenvalue weighted by Crippen LogP contribution is -2.46. The number of hydrogen-bond donors (Lipinski definition) is 3. The monoisotopic (exact) mass is 732 g/mol. The van der Waals surface area contributed by atoms with Gasteiger partial charge in [-0.1, -0.05) is 26.8 Å². The fourth-order valence-electron chi connectivity index (χ4n) is 4.93. The lowest BCUT2D eigenvalue weighted by Gasteiger charge is -2.27. The largest absolute Gasteiger partial charge is 0.376 e. The summed E-state index contributed by atoms with van der Waals surface area (Å²) >= 11 is 0. The van der Waals surface area contributed by atoms with E-state index in [4.69, 9.17) is 14.5 Å². The first-order chi connectivity index (χ1) is 24.8. The molecule has 2 atom stereocenters. The second-order valence-electron chi connectivity index (χ2n) is 11.4. The smallest absolute Gasteiger partial charge is 0.333 e. The van der Waals surface area contributed by atoms with Gasteiger partial charge in [0.1, 0.15) is 11.4 Å². The number of carbonyl (C=O) groups is 8. The van der Waals surface area contributed by atoms with Gasteiger partial charge in [0.05, 0.1) is 5.56 Å². The van der Waals surface area contributed by atoms with Gasteiger partial charge in [0.25, 0.3) is 35.1 Å². The van der Waals surface area contributed by atoms with Crippen molar-refractivity contribution in [1.29, 1.82) is 0 Å².